The van der Waals surface area contributed by atoms with Gasteiger partial charge in [-0.1, -0.05) is 29.8 Å². The van der Waals surface area contributed by atoms with Crippen molar-refractivity contribution < 1.29 is 9.47 Å². The summed E-state index contributed by atoms with van der Waals surface area (Å²) in [5, 5.41) is 3.52. The van der Waals surface area contributed by atoms with E-state index in [1.54, 1.807) is 0 Å². The van der Waals surface area contributed by atoms with Crippen molar-refractivity contribution in [3.8, 4) is 11.5 Å². The highest BCUT2D eigenvalue weighted by atomic mass is 16.6. The highest BCUT2D eigenvalue weighted by molar-refractivity contribution is 5.43. The summed E-state index contributed by atoms with van der Waals surface area (Å²) >= 11 is 0. The van der Waals surface area contributed by atoms with Crippen molar-refractivity contribution in [2.24, 2.45) is 0 Å². The number of rotatable bonds is 5. The number of nitrogens with one attached hydrogen (secondary N) is 1. The molecule has 0 unspecified atom stereocenters. The van der Waals surface area contributed by atoms with E-state index >= 15 is 0 Å². The van der Waals surface area contributed by atoms with Gasteiger partial charge in [0.15, 0.2) is 11.5 Å². The Morgan fingerprint density at radius 1 is 0.955 bits per heavy atom. The Hall–Kier alpha value is -2.00. The van der Waals surface area contributed by atoms with Gasteiger partial charge in [0.05, 0.1) is 0 Å². The average molecular weight is 297 g/mol. The first-order chi connectivity index (χ1) is 10.7. The normalized spacial score (nSPS) is 13.2. The monoisotopic (exact) mass is 297 g/mol. The standard InChI is InChI=1S/C19H23NO2/c1-14-3-5-17(15(2)11-14)13-20-8-7-16-4-6-18-19(12-16)22-10-9-21-18/h3-6,11-12,20H,7-10,13H2,1-2H3. The number of aryl methyl sites for hydroxylation is 2. The molecule has 0 spiro atoms. The number of hydrogen-bond acceptors (Lipinski definition) is 3. The summed E-state index contributed by atoms with van der Waals surface area (Å²) in [5.74, 6) is 1.73. The lowest BCUT2D eigenvalue weighted by Gasteiger charge is -2.19. The Bertz CT molecular complexity index is 652. The van der Waals surface area contributed by atoms with Crippen LogP contribution >= 0.6 is 0 Å². The van der Waals surface area contributed by atoms with Crippen LogP contribution in [0.1, 0.15) is 22.3 Å². The minimum Gasteiger partial charge on any atom is -0.486 e. The Labute approximate surface area is 132 Å². The summed E-state index contributed by atoms with van der Waals surface area (Å²) in [7, 11) is 0. The van der Waals surface area contributed by atoms with E-state index in [0.29, 0.717) is 13.2 Å². The molecule has 22 heavy (non-hydrogen) atoms. The first-order valence-electron chi connectivity index (χ1n) is 7.88. The minimum atomic E-state index is 0.640. The average Bonchev–Trinajstić information content (AvgIpc) is 2.53. The van der Waals surface area contributed by atoms with E-state index in [4.69, 9.17) is 9.47 Å². The molecule has 1 aliphatic rings. The zero-order valence-electron chi connectivity index (χ0n) is 13.3. The van der Waals surface area contributed by atoms with Crippen molar-refractivity contribution in [2.45, 2.75) is 26.8 Å². The molecule has 0 amide bonds. The highest BCUT2D eigenvalue weighted by Crippen LogP contribution is 2.30. The lowest BCUT2D eigenvalue weighted by molar-refractivity contribution is 0.171. The van der Waals surface area contributed by atoms with Crippen LogP contribution in [0, 0.1) is 13.8 Å². The van der Waals surface area contributed by atoms with Crippen LogP contribution in [0.3, 0.4) is 0 Å². The summed E-state index contributed by atoms with van der Waals surface area (Å²) in [6.45, 7) is 7.45. The molecule has 0 aliphatic carbocycles. The molecule has 0 saturated heterocycles. The van der Waals surface area contributed by atoms with E-state index in [1.807, 2.05) is 6.07 Å². The Morgan fingerprint density at radius 3 is 2.59 bits per heavy atom. The third-order valence-electron chi connectivity index (χ3n) is 4.01. The van der Waals surface area contributed by atoms with Gasteiger partial charge >= 0.3 is 0 Å². The smallest absolute Gasteiger partial charge is 0.161 e. The molecule has 1 aliphatic heterocycles. The lowest BCUT2D eigenvalue weighted by Crippen LogP contribution is -2.18. The third-order valence-corrected chi connectivity index (χ3v) is 4.01. The van der Waals surface area contributed by atoms with Crippen LogP contribution in [0.25, 0.3) is 0 Å². The van der Waals surface area contributed by atoms with Crippen molar-refractivity contribution in [3.05, 3.63) is 58.7 Å². The van der Waals surface area contributed by atoms with Gasteiger partial charge in [-0.3, -0.25) is 0 Å². The van der Waals surface area contributed by atoms with Crippen LogP contribution in [0.5, 0.6) is 11.5 Å². The molecule has 0 fully saturated rings. The molecule has 3 nitrogen and oxygen atoms in total. The van der Waals surface area contributed by atoms with Gasteiger partial charge in [-0.15, -0.1) is 0 Å². The van der Waals surface area contributed by atoms with Gasteiger partial charge in [0.1, 0.15) is 13.2 Å². The predicted octanol–water partition coefficient (Wildman–Crippen LogP) is 3.41. The van der Waals surface area contributed by atoms with E-state index in [2.05, 4.69) is 49.5 Å². The Balaban J connectivity index is 1.51. The van der Waals surface area contributed by atoms with Gasteiger partial charge in [0, 0.05) is 6.54 Å². The fourth-order valence-corrected chi connectivity index (χ4v) is 2.74. The second kappa shape index (κ2) is 6.84. The molecular weight excluding hydrogens is 274 g/mol. The number of hydrogen-bond donors (Lipinski definition) is 1. The molecule has 0 bridgehead atoms. The van der Waals surface area contributed by atoms with Crippen LogP contribution in [-0.2, 0) is 13.0 Å². The van der Waals surface area contributed by atoms with Crippen molar-refractivity contribution in [1.29, 1.82) is 0 Å². The maximum Gasteiger partial charge on any atom is 0.161 e. The zero-order chi connectivity index (χ0) is 15.4. The summed E-state index contributed by atoms with van der Waals surface area (Å²) in [5.41, 5.74) is 5.31. The molecule has 2 aromatic carbocycles. The summed E-state index contributed by atoms with van der Waals surface area (Å²) in [4.78, 5) is 0. The first-order valence-corrected chi connectivity index (χ1v) is 7.88. The van der Waals surface area contributed by atoms with Crippen molar-refractivity contribution >= 4 is 0 Å². The topological polar surface area (TPSA) is 30.5 Å². The third kappa shape index (κ3) is 3.60. The SMILES string of the molecule is Cc1ccc(CNCCc2ccc3c(c2)OCCO3)c(C)c1. The summed E-state index contributed by atoms with van der Waals surface area (Å²) in [6.07, 6.45) is 0.988. The summed E-state index contributed by atoms with van der Waals surface area (Å²) < 4.78 is 11.2. The van der Waals surface area contributed by atoms with Gasteiger partial charge in [0.2, 0.25) is 0 Å². The van der Waals surface area contributed by atoms with Crippen molar-refractivity contribution in [3.63, 3.8) is 0 Å². The predicted molar refractivity (Wildman–Crippen MR) is 88.8 cm³/mol. The summed E-state index contributed by atoms with van der Waals surface area (Å²) in [6, 6.07) is 12.8. The fourth-order valence-electron chi connectivity index (χ4n) is 2.74. The van der Waals surface area contributed by atoms with Gasteiger partial charge in [-0.2, -0.15) is 0 Å². The van der Waals surface area contributed by atoms with Gasteiger partial charge in [-0.05, 0) is 55.6 Å². The number of benzene rings is 2. The quantitative estimate of drug-likeness (QED) is 0.858. The van der Waals surface area contributed by atoms with E-state index in [0.717, 1.165) is 31.0 Å². The molecule has 1 heterocycles. The largest absolute Gasteiger partial charge is 0.486 e. The maximum absolute atomic E-state index is 5.62. The van der Waals surface area contributed by atoms with Gasteiger partial charge in [0.25, 0.3) is 0 Å². The fraction of sp³-hybridized carbons (Fsp3) is 0.368. The molecule has 0 radical (unpaired) electrons. The number of ether oxygens (including phenoxy) is 2. The van der Waals surface area contributed by atoms with Gasteiger partial charge in [-0.25, -0.2) is 0 Å². The van der Waals surface area contributed by atoms with E-state index in [-0.39, 0.29) is 0 Å². The molecule has 0 atom stereocenters. The van der Waals surface area contributed by atoms with E-state index in [9.17, 15) is 0 Å². The van der Waals surface area contributed by atoms with Crippen molar-refractivity contribution in [1.82, 2.24) is 5.32 Å². The molecule has 3 rings (SSSR count). The van der Waals surface area contributed by atoms with Crippen molar-refractivity contribution in [2.75, 3.05) is 19.8 Å². The minimum absolute atomic E-state index is 0.640. The molecule has 2 aromatic rings. The molecule has 116 valence electrons. The molecule has 0 saturated carbocycles. The number of fused-ring (bicyclic) bond motifs is 1. The molecule has 3 heteroatoms. The lowest BCUT2D eigenvalue weighted by atomic mass is 10.1. The van der Waals surface area contributed by atoms with Crippen LogP contribution in [0.2, 0.25) is 0 Å². The Kier molecular flexibility index (Phi) is 4.64. The van der Waals surface area contributed by atoms with Gasteiger partial charge < -0.3 is 14.8 Å². The zero-order valence-corrected chi connectivity index (χ0v) is 13.3. The van der Waals surface area contributed by atoms with Crippen LogP contribution in [0.4, 0.5) is 0 Å². The maximum atomic E-state index is 5.62. The van der Waals surface area contributed by atoms with E-state index in [1.165, 1.54) is 22.3 Å². The molecule has 1 N–H and O–H groups in total. The van der Waals surface area contributed by atoms with Crippen LogP contribution in [0.15, 0.2) is 36.4 Å². The highest BCUT2D eigenvalue weighted by Gasteiger charge is 2.11. The van der Waals surface area contributed by atoms with E-state index < -0.39 is 0 Å². The first kappa shape index (κ1) is 14.9. The van der Waals surface area contributed by atoms with Crippen LogP contribution in [-0.4, -0.2) is 19.8 Å². The molecule has 0 aromatic heterocycles. The Morgan fingerprint density at radius 2 is 1.77 bits per heavy atom. The second-order valence-corrected chi connectivity index (χ2v) is 5.83. The second-order valence-electron chi connectivity index (χ2n) is 5.83. The molecular formula is C19H23NO2. The van der Waals surface area contributed by atoms with Crippen LogP contribution < -0.4 is 14.8 Å².